The van der Waals surface area contributed by atoms with Crippen LogP contribution in [0.3, 0.4) is 0 Å². The zero-order valence-corrected chi connectivity index (χ0v) is 15.2. The first-order chi connectivity index (χ1) is 12.7. The van der Waals surface area contributed by atoms with Gasteiger partial charge in [0, 0.05) is 18.3 Å². The van der Waals surface area contributed by atoms with E-state index in [1.807, 2.05) is 0 Å². The number of anilines is 1. The summed E-state index contributed by atoms with van der Waals surface area (Å²) in [6.45, 7) is 1.63. The molecule has 8 heteroatoms. The summed E-state index contributed by atoms with van der Waals surface area (Å²) >= 11 is 6.11. The van der Waals surface area contributed by atoms with E-state index in [4.69, 9.17) is 11.6 Å². The summed E-state index contributed by atoms with van der Waals surface area (Å²) < 4.78 is 41.5. The van der Waals surface area contributed by atoms with Gasteiger partial charge in [-0.25, -0.2) is 0 Å². The van der Waals surface area contributed by atoms with Crippen LogP contribution in [0.2, 0.25) is 5.15 Å². The lowest BCUT2D eigenvalue weighted by Gasteiger charge is -2.16. The molecule has 2 aromatic carbocycles. The molecule has 3 aromatic rings. The Morgan fingerprint density at radius 1 is 1.07 bits per heavy atom. The topological polar surface area (TPSA) is 46.9 Å². The van der Waals surface area contributed by atoms with Gasteiger partial charge in [-0.1, -0.05) is 48.0 Å². The summed E-state index contributed by atoms with van der Waals surface area (Å²) in [6, 6.07) is 11.5. The van der Waals surface area contributed by atoms with Gasteiger partial charge in [-0.2, -0.15) is 18.3 Å². The maximum absolute atomic E-state index is 13.4. The Balaban J connectivity index is 2.05. The summed E-state index contributed by atoms with van der Waals surface area (Å²) in [4.78, 5) is 12.7. The van der Waals surface area contributed by atoms with Crippen molar-refractivity contribution in [2.24, 2.45) is 7.05 Å². The highest BCUT2D eigenvalue weighted by Crippen LogP contribution is 2.39. The van der Waals surface area contributed by atoms with Crippen molar-refractivity contribution in [3.8, 4) is 11.1 Å². The largest absolute Gasteiger partial charge is 0.417 e. The smallest absolute Gasteiger partial charge is 0.321 e. The van der Waals surface area contributed by atoms with Crippen LogP contribution in [0, 0.1) is 6.92 Å². The normalized spacial score (nSPS) is 11.5. The summed E-state index contributed by atoms with van der Waals surface area (Å²) in [5.74, 6) is -0.539. The molecule has 0 saturated heterocycles. The Morgan fingerprint density at radius 3 is 2.26 bits per heavy atom. The third kappa shape index (κ3) is 3.68. The van der Waals surface area contributed by atoms with E-state index in [-0.39, 0.29) is 27.5 Å². The molecule has 140 valence electrons. The Hall–Kier alpha value is -2.80. The molecule has 0 radical (unpaired) electrons. The van der Waals surface area contributed by atoms with Gasteiger partial charge in [0.05, 0.1) is 16.8 Å². The maximum atomic E-state index is 13.4. The van der Waals surface area contributed by atoms with Gasteiger partial charge in [0.25, 0.3) is 5.91 Å². The number of carbonyl (C=O) groups is 1. The van der Waals surface area contributed by atoms with E-state index in [1.165, 1.54) is 28.9 Å². The highest BCUT2D eigenvalue weighted by atomic mass is 35.5. The standard InChI is InChI=1S/C19H15ClF3N3O/c1-11-16(17(20)26(2)25-11)18(27)24-15-10-6-4-8-13(15)12-7-3-5-9-14(12)19(21,22)23/h3-10H,1-2H3,(H,24,27). The summed E-state index contributed by atoms with van der Waals surface area (Å²) in [6.07, 6.45) is -4.52. The monoisotopic (exact) mass is 393 g/mol. The highest BCUT2D eigenvalue weighted by molar-refractivity contribution is 6.33. The van der Waals surface area contributed by atoms with Gasteiger partial charge in [-0.3, -0.25) is 9.48 Å². The molecule has 1 heterocycles. The minimum absolute atomic E-state index is 0.0186. The average molecular weight is 394 g/mol. The summed E-state index contributed by atoms with van der Waals surface area (Å²) in [7, 11) is 1.60. The minimum Gasteiger partial charge on any atom is -0.321 e. The van der Waals surface area contributed by atoms with Gasteiger partial charge >= 0.3 is 6.18 Å². The molecule has 0 fully saturated rings. The van der Waals surface area contributed by atoms with Crippen LogP contribution in [-0.4, -0.2) is 15.7 Å². The van der Waals surface area contributed by atoms with Crippen LogP contribution in [0.15, 0.2) is 48.5 Å². The lowest BCUT2D eigenvalue weighted by molar-refractivity contribution is -0.137. The molecule has 0 aliphatic rings. The molecule has 27 heavy (non-hydrogen) atoms. The van der Waals surface area contributed by atoms with E-state index in [1.54, 1.807) is 32.2 Å². The summed E-state index contributed by atoms with van der Waals surface area (Å²) in [5, 5.41) is 6.88. The van der Waals surface area contributed by atoms with Crippen molar-refractivity contribution in [2.75, 3.05) is 5.32 Å². The number of carbonyl (C=O) groups excluding carboxylic acids is 1. The zero-order chi connectivity index (χ0) is 19.8. The number of nitrogens with one attached hydrogen (secondary N) is 1. The summed E-state index contributed by atoms with van der Waals surface area (Å²) in [5.41, 5.74) is 0.318. The molecule has 0 bridgehead atoms. The van der Waals surface area contributed by atoms with E-state index < -0.39 is 17.6 Å². The Labute approximate surface area is 158 Å². The number of alkyl halides is 3. The minimum atomic E-state index is -4.52. The molecule has 3 rings (SSSR count). The lowest BCUT2D eigenvalue weighted by atomic mass is 9.97. The van der Waals surface area contributed by atoms with Crippen LogP contribution in [-0.2, 0) is 13.2 Å². The predicted octanol–water partition coefficient (Wildman–Crippen LogP) is 5.32. The number of hydrogen-bond donors (Lipinski definition) is 1. The van der Waals surface area contributed by atoms with Crippen LogP contribution in [0.25, 0.3) is 11.1 Å². The van der Waals surface area contributed by atoms with Gasteiger partial charge in [0.1, 0.15) is 5.15 Å². The first kappa shape index (κ1) is 19.0. The maximum Gasteiger partial charge on any atom is 0.417 e. The van der Waals surface area contributed by atoms with Gasteiger partial charge in [0.15, 0.2) is 0 Å². The van der Waals surface area contributed by atoms with E-state index in [0.717, 1.165) is 6.07 Å². The molecule has 1 amide bonds. The van der Waals surface area contributed by atoms with Crippen LogP contribution in [0.4, 0.5) is 18.9 Å². The van der Waals surface area contributed by atoms with Gasteiger partial charge < -0.3 is 5.32 Å². The molecule has 0 atom stereocenters. The quantitative estimate of drug-likeness (QED) is 0.654. The Kier molecular flexibility index (Phi) is 4.97. The number of amides is 1. The number of aromatic nitrogens is 2. The molecule has 0 aliphatic carbocycles. The Bertz CT molecular complexity index is 1010. The van der Waals surface area contributed by atoms with E-state index in [2.05, 4.69) is 10.4 Å². The third-order valence-corrected chi connectivity index (χ3v) is 4.51. The van der Waals surface area contributed by atoms with Crippen LogP contribution < -0.4 is 5.32 Å². The second-order valence-corrected chi connectivity index (χ2v) is 6.28. The molecule has 4 nitrogen and oxygen atoms in total. The van der Waals surface area contributed by atoms with Gasteiger partial charge in [0.2, 0.25) is 0 Å². The first-order valence-electron chi connectivity index (χ1n) is 7.96. The van der Waals surface area contributed by atoms with E-state index >= 15 is 0 Å². The van der Waals surface area contributed by atoms with Gasteiger partial charge in [-0.05, 0) is 24.6 Å². The zero-order valence-electron chi connectivity index (χ0n) is 14.4. The number of para-hydroxylation sites is 1. The van der Waals surface area contributed by atoms with E-state index in [0.29, 0.717) is 5.69 Å². The number of hydrogen-bond acceptors (Lipinski definition) is 2. The van der Waals surface area contributed by atoms with Gasteiger partial charge in [-0.15, -0.1) is 0 Å². The molecule has 1 aromatic heterocycles. The van der Waals surface area contributed by atoms with Crippen molar-refractivity contribution in [2.45, 2.75) is 13.1 Å². The molecule has 0 aliphatic heterocycles. The van der Waals surface area contributed by atoms with Crippen molar-refractivity contribution in [1.29, 1.82) is 0 Å². The molecular weight excluding hydrogens is 379 g/mol. The highest BCUT2D eigenvalue weighted by Gasteiger charge is 2.33. The number of aryl methyl sites for hydroxylation is 2. The second kappa shape index (κ2) is 7.08. The number of benzene rings is 2. The lowest BCUT2D eigenvalue weighted by Crippen LogP contribution is -2.14. The number of nitrogens with zero attached hydrogens (tertiary/aromatic N) is 2. The second-order valence-electron chi connectivity index (χ2n) is 5.92. The van der Waals surface area contributed by atoms with Crippen LogP contribution in [0.5, 0.6) is 0 Å². The third-order valence-electron chi connectivity index (χ3n) is 4.08. The van der Waals surface area contributed by atoms with Crippen LogP contribution >= 0.6 is 11.6 Å². The van der Waals surface area contributed by atoms with E-state index in [9.17, 15) is 18.0 Å². The fourth-order valence-electron chi connectivity index (χ4n) is 2.86. The van der Waals surface area contributed by atoms with Crippen molar-refractivity contribution in [3.05, 3.63) is 70.5 Å². The molecule has 0 spiro atoms. The fourth-order valence-corrected chi connectivity index (χ4v) is 3.13. The molecule has 0 unspecified atom stereocenters. The average Bonchev–Trinajstić information content (AvgIpc) is 2.87. The van der Waals surface area contributed by atoms with Crippen LogP contribution in [0.1, 0.15) is 21.6 Å². The van der Waals surface area contributed by atoms with Crippen molar-refractivity contribution < 1.29 is 18.0 Å². The molecule has 1 N–H and O–H groups in total. The van der Waals surface area contributed by atoms with Crippen molar-refractivity contribution in [3.63, 3.8) is 0 Å². The SMILES string of the molecule is Cc1nn(C)c(Cl)c1C(=O)Nc1ccccc1-c1ccccc1C(F)(F)F. The predicted molar refractivity (Wildman–Crippen MR) is 97.8 cm³/mol. The van der Waals surface area contributed by atoms with Crippen molar-refractivity contribution >= 4 is 23.2 Å². The fraction of sp³-hybridized carbons (Fsp3) is 0.158. The number of rotatable bonds is 3. The van der Waals surface area contributed by atoms with Crippen molar-refractivity contribution in [1.82, 2.24) is 9.78 Å². The molecule has 0 saturated carbocycles. The first-order valence-corrected chi connectivity index (χ1v) is 8.34. The molecular formula is C19H15ClF3N3O. The Morgan fingerprint density at radius 2 is 1.67 bits per heavy atom. The number of halogens is 4.